The monoisotopic (exact) mass is 325 g/mol. The van der Waals surface area contributed by atoms with Crippen LogP contribution >= 0.6 is 0 Å². The molecule has 1 unspecified atom stereocenters. The van der Waals surface area contributed by atoms with Gasteiger partial charge in [-0.3, -0.25) is 9.59 Å². The van der Waals surface area contributed by atoms with Crippen LogP contribution in [0.4, 0.5) is 0 Å². The molecule has 6 heteroatoms. The van der Waals surface area contributed by atoms with E-state index in [0.29, 0.717) is 18.7 Å². The largest absolute Gasteiger partial charge is 0.481 e. The van der Waals surface area contributed by atoms with Gasteiger partial charge in [0.15, 0.2) is 0 Å². The van der Waals surface area contributed by atoms with Gasteiger partial charge in [0, 0.05) is 31.0 Å². The molecule has 1 atom stereocenters. The Hall–Kier alpha value is -2.63. The number of likely N-dealkylation sites (tertiary alicyclic amines) is 1. The van der Waals surface area contributed by atoms with Crippen LogP contribution in [0.5, 0.6) is 0 Å². The van der Waals surface area contributed by atoms with Crippen LogP contribution in [0, 0.1) is 11.3 Å². The van der Waals surface area contributed by atoms with E-state index in [2.05, 4.69) is 5.10 Å². The van der Waals surface area contributed by atoms with Crippen molar-refractivity contribution in [2.45, 2.75) is 19.3 Å². The lowest BCUT2D eigenvalue weighted by Crippen LogP contribution is -2.40. The van der Waals surface area contributed by atoms with Gasteiger partial charge in [0.25, 0.3) is 5.91 Å². The standard InChI is InChI=1S/C18H19N3O3/c22-16(13-2-4-14(5-3-13)21-9-1-8-19-21)20-10-6-18(7-11-20)12-15(18)17(23)24/h1-5,8-9,15H,6-7,10-12H2,(H,23,24). The van der Waals surface area contributed by atoms with Gasteiger partial charge >= 0.3 is 5.97 Å². The number of hydrogen-bond donors (Lipinski definition) is 1. The number of rotatable bonds is 3. The maximum absolute atomic E-state index is 12.6. The average Bonchev–Trinajstić information content (AvgIpc) is 3.05. The number of aromatic nitrogens is 2. The van der Waals surface area contributed by atoms with Crippen molar-refractivity contribution in [1.29, 1.82) is 0 Å². The third-order valence-electron chi connectivity index (χ3n) is 5.42. The second-order valence-electron chi connectivity index (χ2n) is 6.75. The summed E-state index contributed by atoms with van der Waals surface area (Å²) in [6, 6.07) is 9.26. The van der Waals surface area contributed by atoms with Crippen molar-refractivity contribution in [2.24, 2.45) is 11.3 Å². The molecule has 1 saturated heterocycles. The van der Waals surface area contributed by atoms with Crippen molar-refractivity contribution >= 4 is 11.9 Å². The van der Waals surface area contributed by atoms with Crippen molar-refractivity contribution < 1.29 is 14.7 Å². The van der Waals surface area contributed by atoms with Gasteiger partial charge in [0.05, 0.1) is 11.6 Å². The molecule has 0 radical (unpaired) electrons. The Kier molecular flexibility index (Phi) is 3.40. The van der Waals surface area contributed by atoms with Crippen molar-refractivity contribution in [3.8, 4) is 5.69 Å². The van der Waals surface area contributed by atoms with Crippen molar-refractivity contribution in [2.75, 3.05) is 13.1 Å². The Morgan fingerprint density at radius 2 is 1.88 bits per heavy atom. The quantitative estimate of drug-likeness (QED) is 0.939. The first kappa shape index (κ1) is 14.9. The normalized spacial score (nSPS) is 21.7. The number of aliphatic carboxylic acids is 1. The predicted molar refractivity (Wildman–Crippen MR) is 86.9 cm³/mol. The Balaban J connectivity index is 1.41. The molecule has 1 amide bonds. The van der Waals surface area contributed by atoms with Gasteiger partial charge in [0.1, 0.15) is 0 Å². The van der Waals surface area contributed by atoms with E-state index < -0.39 is 5.97 Å². The minimum atomic E-state index is -0.691. The van der Waals surface area contributed by atoms with Gasteiger partial charge in [-0.05, 0) is 55.0 Å². The van der Waals surface area contributed by atoms with Gasteiger partial charge < -0.3 is 10.0 Å². The Morgan fingerprint density at radius 1 is 1.17 bits per heavy atom. The average molecular weight is 325 g/mol. The summed E-state index contributed by atoms with van der Waals surface area (Å²) in [6.07, 6.45) is 5.92. The van der Waals surface area contributed by atoms with Crippen LogP contribution in [0.1, 0.15) is 29.6 Å². The third-order valence-corrected chi connectivity index (χ3v) is 5.42. The van der Waals surface area contributed by atoms with Gasteiger partial charge in [-0.25, -0.2) is 4.68 Å². The molecule has 2 heterocycles. The molecule has 1 saturated carbocycles. The van der Waals surface area contributed by atoms with E-state index >= 15 is 0 Å². The van der Waals surface area contributed by atoms with E-state index in [4.69, 9.17) is 5.11 Å². The summed E-state index contributed by atoms with van der Waals surface area (Å²) < 4.78 is 1.75. The molecule has 2 aliphatic rings. The summed E-state index contributed by atoms with van der Waals surface area (Å²) in [5.74, 6) is -0.878. The smallest absolute Gasteiger partial charge is 0.307 e. The van der Waals surface area contributed by atoms with Gasteiger partial charge in [0.2, 0.25) is 0 Å². The molecular formula is C18H19N3O3. The SMILES string of the molecule is O=C(O)C1CC12CCN(C(=O)c1ccc(-n3cccn3)cc1)CC2. The summed E-state index contributed by atoms with van der Waals surface area (Å²) >= 11 is 0. The summed E-state index contributed by atoms with van der Waals surface area (Å²) in [5.41, 5.74) is 1.52. The minimum Gasteiger partial charge on any atom is -0.481 e. The van der Waals surface area contributed by atoms with E-state index in [-0.39, 0.29) is 17.2 Å². The molecule has 1 aromatic carbocycles. The topological polar surface area (TPSA) is 75.4 Å². The van der Waals surface area contributed by atoms with E-state index in [0.717, 1.165) is 24.9 Å². The molecule has 1 aromatic heterocycles. The number of benzene rings is 1. The minimum absolute atomic E-state index is 0.0180. The fourth-order valence-corrected chi connectivity index (χ4v) is 3.77. The Bertz CT molecular complexity index is 759. The number of piperidine rings is 1. The highest BCUT2D eigenvalue weighted by molar-refractivity contribution is 5.94. The maximum atomic E-state index is 12.6. The molecule has 1 N–H and O–H groups in total. The van der Waals surface area contributed by atoms with E-state index in [1.54, 1.807) is 10.9 Å². The molecule has 1 spiro atoms. The first-order valence-electron chi connectivity index (χ1n) is 8.21. The number of carboxylic acids is 1. The highest BCUT2D eigenvalue weighted by Crippen LogP contribution is 2.59. The molecular weight excluding hydrogens is 306 g/mol. The Morgan fingerprint density at radius 3 is 2.42 bits per heavy atom. The van der Waals surface area contributed by atoms with Gasteiger partial charge in [-0.2, -0.15) is 5.10 Å². The lowest BCUT2D eigenvalue weighted by Gasteiger charge is -2.32. The summed E-state index contributed by atoms with van der Waals surface area (Å²) in [4.78, 5) is 25.6. The molecule has 124 valence electrons. The van der Waals surface area contributed by atoms with Crippen LogP contribution in [-0.4, -0.2) is 44.8 Å². The number of carbonyl (C=O) groups excluding carboxylic acids is 1. The molecule has 1 aliphatic carbocycles. The fourth-order valence-electron chi connectivity index (χ4n) is 3.77. The zero-order valence-corrected chi connectivity index (χ0v) is 13.3. The zero-order chi connectivity index (χ0) is 16.7. The summed E-state index contributed by atoms with van der Waals surface area (Å²) in [6.45, 7) is 1.28. The molecule has 6 nitrogen and oxygen atoms in total. The zero-order valence-electron chi connectivity index (χ0n) is 13.3. The Labute approximate surface area is 139 Å². The molecule has 0 bridgehead atoms. The second kappa shape index (κ2) is 5.47. The highest BCUT2D eigenvalue weighted by atomic mass is 16.4. The number of carboxylic acid groups (broad SMARTS) is 1. The maximum Gasteiger partial charge on any atom is 0.307 e. The van der Waals surface area contributed by atoms with E-state index in [1.165, 1.54) is 0 Å². The van der Waals surface area contributed by atoms with E-state index in [1.807, 2.05) is 41.4 Å². The number of amides is 1. The predicted octanol–water partition coefficient (Wildman–Crippen LogP) is 2.20. The molecule has 2 aromatic rings. The van der Waals surface area contributed by atoms with Crippen molar-refractivity contribution in [1.82, 2.24) is 14.7 Å². The number of hydrogen-bond acceptors (Lipinski definition) is 3. The molecule has 24 heavy (non-hydrogen) atoms. The number of carbonyl (C=O) groups is 2. The van der Waals surface area contributed by atoms with E-state index in [9.17, 15) is 9.59 Å². The fraction of sp³-hybridized carbons (Fsp3) is 0.389. The second-order valence-corrected chi connectivity index (χ2v) is 6.75. The van der Waals surface area contributed by atoms with Crippen LogP contribution in [0.2, 0.25) is 0 Å². The van der Waals surface area contributed by atoms with Gasteiger partial charge in [-0.15, -0.1) is 0 Å². The lowest BCUT2D eigenvalue weighted by molar-refractivity contribution is -0.139. The van der Waals surface area contributed by atoms with Crippen LogP contribution in [0.25, 0.3) is 5.69 Å². The number of nitrogens with zero attached hydrogens (tertiary/aromatic N) is 3. The van der Waals surface area contributed by atoms with Crippen LogP contribution < -0.4 is 0 Å². The first-order valence-corrected chi connectivity index (χ1v) is 8.21. The van der Waals surface area contributed by atoms with Crippen molar-refractivity contribution in [3.05, 3.63) is 48.3 Å². The first-order chi connectivity index (χ1) is 11.6. The third kappa shape index (κ3) is 2.48. The summed E-state index contributed by atoms with van der Waals surface area (Å²) in [5, 5.41) is 13.3. The molecule has 1 aliphatic heterocycles. The highest BCUT2D eigenvalue weighted by Gasteiger charge is 2.59. The van der Waals surface area contributed by atoms with Crippen LogP contribution in [0.15, 0.2) is 42.7 Å². The van der Waals surface area contributed by atoms with Crippen molar-refractivity contribution in [3.63, 3.8) is 0 Å². The van der Waals surface area contributed by atoms with Crippen LogP contribution in [0.3, 0.4) is 0 Å². The van der Waals surface area contributed by atoms with Gasteiger partial charge in [-0.1, -0.05) is 0 Å². The lowest BCUT2D eigenvalue weighted by atomic mass is 9.90. The van der Waals surface area contributed by atoms with Crippen LogP contribution in [-0.2, 0) is 4.79 Å². The summed E-state index contributed by atoms with van der Waals surface area (Å²) in [7, 11) is 0. The molecule has 2 fully saturated rings. The molecule has 4 rings (SSSR count).